The van der Waals surface area contributed by atoms with E-state index >= 15 is 0 Å². The molecule has 2 rings (SSSR count). The van der Waals surface area contributed by atoms with E-state index in [-0.39, 0.29) is 17.6 Å². The first-order chi connectivity index (χ1) is 10.5. The van der Waals surface area contributed by atoms with Crippen molar-refractivity contribution in [3.63, 3.8) is 0 Å². The van der Waals surface area contributed by atoms with E-state index in [1.165, 1.54) is 6.21 Å². The maximum absolute atomic E-state index is 11.0. The summed E-state index contributed by atoms with van der Waals surface area (Å²) in [6.07, 6.45) is 2.50. The number of rotatable bonds is 5. The summed E-state index contributed by atoms with van der Waals surface area (Å²) < 4.78 is 5.54. The largest absolute Gasteiger partial charge is 0.488 e. The Morgan fingerprint density at radius 3 is 2.64 bits per heavy atom. The number of nitrogens with one attached hydrogen (secondary N) is 2. The Morgan fingerprint density at radius 1 is 1.36 bits per heavy atom. The molecule has 0 amide bonds. The number of aromatic nitrogens is 3. The van der Waals surface area contributed by atoms with Gasteiger partial charge in [-0.05, 0) is 31.5 Å². The molecular weight excluding hydrogens is 329 g/mol. The minimum Gasteiger partial charge on any atom is -0.488 e. The summed E-state index contributed by atoms with van der Waals surface area (Å²) >= 11 is 12.3. The van der Waals surface area contributed by atoms with Gasteiger partial charge in [0.05, 0.1) is 22.4 Å². The van der Waals surface area contributed by atoms with Crippen molar-refractivity contribution in [1.29, 1.82) is 0 Å². The quantitative estimate of drug-likeness (QED) is 0.644. The zero-order valence-electron chi connectivity index (χ0n) is 11.8. The first-order valence-electron chi connectivity index (χ1n) is 6.32. The highest BCUT2D eigenvalue weighted by Crippen LogP contribution is 2.34. The van der Waals surface area contributed by atoms with Crippen LogP contribution in [0, 0.1) is 0 Å². The number of aromatic amines is 1. The Balaban J connectivity index is 2.13. The van der Waals surface area contributed by atoms with Crippen molar-refractivity contribution in [2.24, 2.45) is 5.10 Å². The van der Waals surface area contributed by atoms with E-state index in [9.17, 15) is 4.79 Å². The Kier molecular flexibility index (Phi) is 5.35. The third-order valence-corrected chi connectivity index (χ3v) is 2.89. The zero-order chi connectivity index (χ0) is 16.1. The molecule has 0 spiro atoms. The molecular formula is C13H13Cl2N5O2. The van der Waals surface area contributed by atoms with Crippen LogP contribution in [0.15, 0.2) is 28.2 Å². The molecule has 0 atom stereocenters. The van der Waals surface area contributed by atoms with Gasteiger partial charge in [-0.15, -0.1) is 10.2 Å². The van der Waals surface area contributed by atoms with Gasteiger partial charge in [-0.1, -0.05) is 23.2 Å². The lowest BCUT2D eigenvalue weighted by Crippen LogP contribution is -2.10. The fourth-order valence-corrected chi connectivity index (χ4v) is 2.13. The Hall–Kier alpha value is -2.12. The highest BCUT2D eigenvalue weighted by molar-refractivity contribution is 6.37. The van der Waals surface area contributed by atoms with Crippen LogP contribution in [0.5, 0.6) is 5.75 Å². The standard InChI is InChI=1S/C13H13Cl2N5O2/c1-7(2)22-12-9(14)3-8(4-10(12)15)5-16-19-13-18-11(21)6-17-20-13/h3-7H,1-2H3,(H2,18,19,20,21)/b16-5+. The SMILES string of the molecule is CC(C)Oc1c(Cl)cc(/C=N/Nc2nncc(=O)[nH]2)cc1Cl. The normalized spacial score (nSPS) is 11.1. The van der Waals surface area contributed by atoms with E-state index < -0.39 is 0 Å². The van der Waals surface area contributed by atoms with Crippen LogP contribution in [-0.4, -0.2) is 27.5 Å². The Bertz CT molecular complexity index is 722. The molecule has 0 aliphatic carbocycles. The third-order valence-electron chi connectivity index (χ3n) is 2.33. The molecule has 0 unspecified atom stereocenters. The smallest absolute Gasteiger partial charge is 0.271 e. The van der Waals surface area contributed by atoms with Crippen LogP contribution >= 0.6 is 23.2 Å². The second-order valence-corrected chi connectivity index (χ2v) is 5.35. The summed E-state index contributed by atoms with van der Waals surface area (Å²) in [6, 6.07) is 3.32. The van der Waals surface area contributed by atoms with Gasteiger partial charge in [-0.25, -0.2) is 5.43 Å². The van der Waals surface area contributed by atoms with Crippen LogP contribution in [0.2, 0.25) is 10.0 Å². The van der Waals surface area contributed by atoms with Crippen molar-refractivity contribution < 1.29 is 4.74 Å². The number of nitrogens with zero attached hydrogens (tertiary/aromatic N) is 3. The number of anilines is 1. The summed E-state index contributed by atoms with van der Waals surface area (Å²) in [4.78, 5) is 13.5. The average molecular weight is 342 g/mol. The fourth-order valence-electron chi connectivity index (χ4n) is 1.53. The lowest BCUT2D eigenvalue weighted by atomic mass is 10.2. The number of hydrogen-bond donors (Lipinski definition) is 2. The predicted octanol–water partition coefficient (Wildman–Crippen LogP) is 2.70. The molecule has 9 heteroatoms. The summed E-state index contributed by atoms with van der Waals surface area (Å²) in [5.41, 5.74) is 2.82. The van der Waals surface area contributed by atoms with Crippen LogP contribution in [0.4, 0.5) is 5.95 Å². The van der Waals surface area contributed by atoms with Crippen molar-refractivity contribution in [2.45, 2.75) is 20.0 Å². The van der Waals surface area contributed by atoms with E-state index in [0.717, 1.165) is 6.20 Å². The molecule has 1 aromatic heterocycles. The van der Waals surface area contributed by atoms with Crippen molar-refractivity contribution in [1.82, 2.24) is 15.2 Å². The van der Waals surface area contributed by atoms with Crippen LogP contribution in [0.3, 0.4) is 0 Å². The van der Waals surface area contributed by atoms with Gasteiger partial charge < -0.3 is 4.74 Å². The number of halogens is 2. The van der Waals surface area contributed by atoms with Gasteiger partial charge in [0.2, 0.25) is 5.95 Å². The van der Waals surface area contributed by atoms with Crippen LogP contribution in [-0.2, 0) is 0 Å². The molecule has 7 nitrogen and oxygen atoms in total. The summed E-state index contributed by atoms with van der Waals surface area (Å²) in [5, 5.41) is 11.8. The number of hydrazone groups is 1. The number of ether oxygens (including phenoxy) is 1. The van der Waals surface area contributed by atoms with E-state index in [1.807, 2.05) is 13.8 Å². The summed E-state index contributed by atoms with van der Waals surface area (Å²) in [6.45, 7) is 3.77. The van der Waals surface area contributed by atoms with E-state index in [0.29, 0.717) is 21.4 Å². The molecule has 0 saturated carbocycles. The van der Waals surface area contributed by atoms with Gasteiger partial charge in [0.15, 0.2) is 5.75 Å². The molecule has 116 valence electrons. The average Bonchev–Trinajstić information content (AvgIpc) is 2.43. The van der Waals surface area contributed by atoms with Crippen LogP contribution < -0.4 is 15.7 Å². The topological polar surface area (TPSA) is 92.3 Å². The van der Waals surface area contributed by atoms with E-state index in [2.05, 4.69) is 25.7 Å². The van der Waals surface area contributed by atoms with Crippen LogP contribution in [0.1, 0.15) is 19.4 Å². The number of benzene rings is 1. The van der Waals surface area contributed by atoms with Crippen molar-refractivity contribution in [2.75, 3.05) is 5.43 Å². The molecule has 1 heterocycles. The van der Waals surface area contributed by atoms with Gasteiger partial charge in [-0.3, -0.25) is 9.78 Å². The molecule has 0 aliphatic heterocycles. The molecule has 0 aliphatic rings. The molecule has 22 heavy (non-hydrogen) atoms. The maximum atomic E-state index is 11.0. The van der Waals surface area contributed by atoms with Crippen molar-refractivity contribution >= 4 is 35.4 Å². The summed E-state index contributed by atoms with van der Waals surface area (Å²) in [5.74, 6) is 0.558. The van der Waals surface area contributed by atoms with Gasteiger partial charge in [0.1, 0.15) is 6.20 Å². The van der Waals surface area contributed by atoms with Crippen LogP contribution in [0.25, 0.3) is 0 Å². The Labute approximate surface area is 136 Å². The molecule has 2 N–H and O–H groups in total. The lowest BCUT2D eigenvalue weighted by molar-refractivity contribution is 0.243. The van der Waals surface area contributed by atoms with Crippen molar-refractivity contribution in [3.8, 4) is 5.75 Å². The minimum atomic E-state index is -0.381. The molecule has 2 aromatic rings. The maximum Gasteiger partial charge on any atom is 0.271 e. The first kappa shape index (κ1) is 16.3. The first-order valence-corrected chi connectivity index (χ1v) is 7.08. The second kappa shape index (κ2) is 7.24. The molecule has 0 bridgehead atoms. The minimum absolute atomic E-state index is 0.0373. The highest BCUT2D eigenvalue weighted by atomic mass is 35.5. The third kappa shape index (κ3) is 4.44. The van der Waals surface area contributed by atoms with Gasteiger partial charge in [-0.2, -0.15) is 5.10 Å². The van der Waals surface area contributed by atoms with Gasteiger partial charge in [0, 0.05) is 0 Å². The van der Waals surface area contributed by atoms with Crippen molar-refractivity contribution in [3.05, 3.63) is 44.3 Å². The fraction of sp³-hybridized carbons (Fsp3) is 0.231. The predicted molar refractivity (Wildman–Crippen MR) is 86.1 cm³/mol. The monoisotopic (exact) mass is 341 g/mol. The highest BCUT2D eigenvalue weighted by Gasteiger charge is 2.10. The number of hydrogen-bond acceptors (Lipinski definition) is 6. The molecule has 0 fully saturated rings. The molecule has 0 saturated heterocycles. The van der Waals surface area contributed by atoms with Gasteiger partial charge >= 0.3 is 0 Å². The lowest BCUT2D eigenvalue weighted by Gasteiger charge is -2.13. The molecule has 1 aromatic carbocycles. The zero-order valence-corrected chi connectivity index (χ0v) is 13.3. The summed E-state index contributed by atoms with van der Waals surface area (Å²) in [7, 11) is 0. The van der Waals surface area contributed by atoms with E-state index in [1.54, 1.807) is 12.1 Å². The second-order valence-electron chi connectivity index (χ2n) is 4.53. The Morgan fingerprint density at radius 2 is 2.05 bits per heavy atom. The van der Waals surface area contributed by atoms with Gasteiger partial charge in [0.25, 0.3) is 5.56 Å². The molecule has 0 radical (unpaired) electrons. The number of H-pyrrole nitrogens is 1. The van der Waals surface area contributed by atoms with E-state index in [4.69, 9.17) is 27.9 Å².